The van der Waals surface area contributed by atoms with Gasteiger partial charge in [0, 0.05) is 5.56 Å². The summed E-state index contributed by atoms with van der Waals surface area (Å²) in [7, 11) is 0. The molecule has 200 valence electrons. The fourth-order valence-electron chi connectivity index (χ4n) is 6.06. The van der Waals surface area contributed by atoms with Crippen molar-refractivity contribution in [2.24, 2.45) is 23.2 Å². The fourth-order valence-corrected chi connectivity index (χ4v) is 6.06. The molecule has 2 rings (SSSR count). The van der Waals surface area contributed by atoms with Gasteiger partial charge in [-0.2, -0.15) is 0 Å². The van der Waals surface area contributed by atoms with E-state index in [1.54, 1.807) is 0 Å². The number of hydrogen-bond acceptors (Lipinski definition) is 1. The maximum atomic E-state index is 5.90. The lowest BCUT2D eigenvalue weighted by Gasteiger charge is -2.31. The second-order valence-corrected chi connectivity index (χ2v) is 12.8. The van der Waals surface area contributed by atoms with Gasteiger partial charge in [0.25, 0.3) is 0 Å². The summed E-state index contributed by atoms with van der Waals surface area (Å²) < 4.78 is 5.90. The highest BCUT2D eigenvalue weighted by atomic mass is 16.5. The van der Waals surface area contributed by atoms with Gasteiger partial charge in [-0.15, -0.1) is 0 Å². The molecule has 1 nitrogen and oxygen atoms in total. The molecular weight excluding hydrogens is 424 g/mol. The Bertz CT molecular complexity index is 745. The lowest BCUT2D eigenvalue weighted by atomic mass is 9.74. The Balaban J connectivity index is 1.82. The van der Waals surface area contributed by atoms with Crippen molar-refractivity contribution in [1.29, 1.82) is 0 Å². The van der Waals surface area contributed by atoms with Gasteiger partial charge >= 0.3 is 0 Å². The Hall–Kier alpha value is -1.24. The molecule has 1 aromatic carbocycles. The van der Waals surface area contributed by atoms with Gasteiger partial charge in [-0.05, 0) is 72.6 Å². The van der Waals surface area contributed by atoms with E-state index >= 15 is 0 Å². The number of hydrogen-bond donors (Lipinski definition) is 0. The van der Waals surface area contributed by atoms with E-state index in [1.165, 1.54) is 107 Å². The first kappa shape index (κ1) is 30.0. The van der Waals surface area contributed by atoms with Crippen LogP contribution in [0.2, 0.25) is 0 Å². The molecule has 0 unspecified atom stereocenters. The molecule has 0 aliphatic carbocycles. The standard InChI is InChI=1S/C34H58O/c1-8-9-10-21-34(7,26-31-24-30(6)33-32(25-31)20-14-23-35-33)22-13-19-29(5)18-12-17-28(4)16-11-15-27(2)3/h14,20,24-25,27-29H,8-13,15-19,21-23,26H2,1-7H3/t28-,29-,34-/m1/s1. The summed E-state index contributed by atoms with van der Waals surface area (Å²) in [5, 5.41) is 0. The van der Waals surface area contributed by atoms with Gasteiger partial charge in [-0.25, -0.2) is 0 Å². The summed E-state index contributed by atoms with van der Waals surface area (Å²) in [5.41, 5.74) is 4.47. The van der Waals surface area contributed by atoms with Crippen molar-refractivity contribution >= 4 is 6.08 Å². The predicted octanol–water partition coefficient (Wildman–Crippen LogP) is 11.0. The van der Waals surface area contributed by atoms with Crippen LogP contribution in [-0.4, -0.2) is 6.61 Å². The molecule has 1 heterocycles. The first-order chi connectivity index (χ1) is 16.7. The van der Waals surface area contributed by atoms with Gasteiger partial charge in [0.15, 0.2) is 0 Å². The quantitative estimate of drug-likeness (QED) is 0.189. The average molecular weight is 483 g/mol. The van der Waals surface area contributed by atoms with Crippen molar-refractivity contribution in [2.45, 2.75) is 138 Å². The molecule has 3 atom stereocenters. The number of benzene rings is 1. The minimum absolute atomic E-state index is 0.403. The molecule has 0 bridgehead atoms. The van der Waals surface area contributed by atoms with Gasteiger partial charge in [-0.1, -0.05) is 124 Å². The molecule has 0 aromatic heterocycles. The lowest BCUT2D eigenvalue weighted by Crippen LogP contribution is -2.20. The molecule has 0 N–H and O–H groups in total. The molecule has 1 heteroatoms. The highest BCUT2D eigenvalue weighted by Crippen LogP contribution is 2.38. The van der Waals surface area contributed by atoms with E-state index in [0.717, 1.165) is 23.5 Å². The van der Waals surface area contributed by atoms with Crippen LogP contribution in [0.4, 0.5) is 0 Å². The second-order valence-electron chi connectivity index (χ2n) is 12.8. The normalized spacial score (nSPS) is 16.6. The predicted molar refractivity (Wildman–Crippen MR) is 156 cm³/mol. The molecule has 35 heavy (non-hydrogen) atoms. The van der Waals surface area contributed by atoms with Crippen LogP contribution in [0.5, 0.6) is 5.75 Å². The molecule has 1 aliphatic rings. The largest absolute Gasteiger partial charge is 0.489 e. The number of aryl methyl sites for hydroxylation is 1. The molecule has 0 radical (unpaired) electrons. The number of ether oxygens (including phenoxy) is 1. The van der Waals surface area contributed by atoms with Crippen LogP contribution < -0.4 is 4.74 Å². The van der Waals surface area contributed by atoms with Crippen LogP contribution >= 0.6 is 0 Å². The van der Waals surface area contributed by atoms with Gasteiger partial charge in [-0.3, -0.25) is 0 Å². The minimum atomic E-state index is 0.403. The van der Waals surface area contributed by atoms with Gasteiger partial charge in [0.1, 0.15) is 12.4 Å². The minimum Gasteiger partial charge on any atom is -0.489 e. The summed E-state index contributed by atoms with van der Waals surface area (Å²) in [6, 6.07) is 4.78. The summed E-state index contributed by atoms with van der Waals surface area (Å²) in [4.78, 5) is 0. The van der Waals surface area contributed by atoms with Crippen molar-refractivity contribution in [3.63, 3.8) is 0 Å². The smallest absolute Gasteiger partial charge is 0.129 e. The van der Waals surface area contributed by atoms with E-state index in [2.05, 4.69) is 72.8 Å². The van der Waals surface area contributed by atoms with E-state index in [1.807, 2.05) is 0 Å². The SMILES string of the molecule is CCCCC[C@](C)(CCC[C@H](C)CCC[C@H](C)CCCC(C)C)Cc1cc(C)c2c(c1)C=CCO2. The zero-order valence-electron chi connectivity index (χ0n) is 24.6. The van der Waals surface area contributed by atoms with E-state index in [4.69, 9.17) is 4.74 Å². The van der Waals surface area contributed by atoms with Gasteiger partial charge in [0.2, 0.25) is 0 Å². The molecule has 1 aliphatic heterocycles. The number of fused-ring (bicyclic) bond motifs is 1. The monoisotopic (exact) mass is 482 g/mol. The summed E-state index contributed by atoms with van der Waals surface area (Å²) in [5.74, 6) is 3.72. The zero-order valence-corrected chi connectivity index (χ0v) is 24.6. The molecule has 0 saturated carbocycles. The number of rotatable bonds is 18. The average Bonchev–Trinajstić information content (AvgIpc) is 2.79. The van der Waals surface area contributed by atoms with E-state index < -0.39 is 0 Å². The van der Waals surface area contributed by atoms with Gasteiger partial charge < -0.3 is 4.74 Å². The first-order valence-electron chi connectivity index (χ1n) is 15.1. The summed E-state index contributed by atoms with van der Waals surface area (Å²) in [6.07, 6.45) is 23.6. The third-order valence-corrected chi connectivity index (χ3v) is 8.35. The topological polar surface area (TPSA) is 9.23 Å². The Morgan fingerprint density at radius 1 is 0.829 bits per heavy atom. The Kier molecular flexibility index (Phi) is 13.5. The van der Waals surface area contributed by atoms with E-state index in [0.29, 0.717) is 12.0 Å². The summed E-state index contributed by atoms with van der Waals surface area (Å²) in [6.45, 7) is 17.5. The van der Waals surface area contributed by atoms with Crippen molar-refractivity contribution in [1.82, 2.24) is 0 Å². The van der Waals surface area contributed by atoms with E-state index in [-0.39, 0.29) is 0 Å². The lowest BCUT2D eigenvalue weighted by molar-refractivity contribution is 0.242. The summed E-state index contributed by atoms with van der Waals surface area (Å²) >= 11 is 0. The maximum absolute atomic E-state index is 5.90. The third kappa shape index (κ3) is 11.6. The van der Waals surface area contributed by atoms with Crippen molar-refractivity contribution in [3.05, 3.63) is 34.9 Å². The maximum Gasteiger partial charge on any atom is 0.129 e. The number of unbranched alkanes of at least 4 members (excludes halogenated alkanes) is 2. The second kappa shape index (κ2) is 15.8. The van der Waals surface area contributed by atoms with Crippen molar-refractivity contribution < 1.29 is 4.74 Å². The molecule has 1 aromatic rings. The molecule has 0 saturated heterocycles. The zero-order chi connectivity index (χ0) is 25.7. The Labute approximate surface area is 219 Å². The van der Waals surface area contributed by atoms with Crippen molar-refractivity contribution in [2.75, 3.05) is 6.61 Å². The van der Waals surface area contributed by atoms with Crippen LogP contribution in [-0.2, 0) is 6.42 Å². The fraction of sp³-hybridized carbons (Fsp3) is 0.765. The van der Waals surface area contributed by atoms with Gasteiger partial charge in [0.05, 0.1) is 0 Å². The molecule has 0 fully saturated rings. The molecular formula is C34H58O. The van der Waals surface area contributed by atoms with Crippen molar-refractivity contribution in [3.8, 4) is 5.75 Å². The highest BCUT2D eigenvalue weighted by molar-refractivity contribution is 5.63. The van der Waals surface area contributed by atoms with Crippen LogP contribution in [0.3, 0.4) is 0 Å². The van der Waals surface area contributed by atoms with E-state index in [9.17, 15) is 0 Å². The first-order valence-corrected chi connectivity index (χ1v) is 15.1. The highest BCUT2D eigenvalue weighted by Gasteiger charge is 2.25. The van der Waals surface area contributed by atoms with Crippen LogP contribution in [0.25, 0.3) is 6.08 Å². The van der Waals surface area contributed by atoms with Crippen LogP contribution in [0, 0.1) is 30.1 Å². The molecule has 0 amide bonds. The van der Waals surface area contributed by atoms with Crippen LogP contribution in [0.1, 0.15) is 142 Å². The Morgan fingerprint density at radius 3 is 2.11 bits per heavy atom. The molecule has 0 spiro atoms. The third-order valence-electron chi connectivity index (χ3n) is 8.35. The Morgan fingerprint density at radius 2 is 1.46 bits per heavy atom. The van der Waals surface area contributed by atoms with Crippen LogP contribution in [0.15, 0.2) is 18.2 Å².